The Bertz CT molecular complexity index is 680. The van der Waals surface area contributed by atoms with E-state index in [1.165, 1.54) is 4.88 Å². The van der Waals surface area contributed by atoms with Crippen molar-refractivity contribution in [3.63, 3.8) is 0 Å². The molecule has 1 aromatic carbocycles. The summed E-state index contributed by atoms with van der Waals surface area (Å²) >= 11 is 1.68. The molecule has 1 heterocycles. The first kappa shape index (κ1) is 17.9. The van der Waals surface area contributed by atoms with Gasteiger partial charge in [-0.3, -0.25) is 9.00 Å². The smallest absolute Gasteiger partial charge is 0.235 e. The highest BCUT2D eigenvalue weighted by atomic mass is 32.2. The summed E-state index contributed by atoms with van der Waals surface area (Å²) in [5.41, 5.74) is 3.33. The number of benzene rings is 1. The summed E-state index contributed by atoms with van der Waals surface area (Å²) < 4.78 is 12.5. The van der Waals surface area contributed by atoms with Crippen LogP contribution in [0.3, 0.4) is 0 Å². The molecule has 2 rings (SSSR count). The molecule has 5 heteroatoms. The topological polar surface area (TPSA) is 46.2 Å². The number of nitrogens with one attached hydrogen (secondary N) is 1. The molecule has 0 saturated heterocycles. The van der Waals surface area contributed by atoms with Gasteiger partial charge in [-0.25, -0.2) is 0 Å². The quantitative estimate of drug-likeness (QED) is 0.833. The highest BCUT2D eigenvalue weighted by Gasteiger charge is 2.20. The highest BCUT2D eigenvalue weighted by Crippen LogP contribution is 2.15. The monoisotopic (exact) mass is 349 g/mol. The first-order valence-electron chi connectivity index (χ1n) is 7.71. The molecule has 124 valence electrons. The molecule has 0 fully saturated rings. The number of thiophene rings is 1. The van der Waals surface area contributed by atoms with Gasteiger partial charge in [-0.15, -0.1) is 11.3 Å². The third kappa shape index (κ3) is 5.29. The zero-order valence-corrected chi connectivity index (χ0v) is 15.4. The van der Waals surface area contributed by atoms with E-state index in [-0.39, 0.29) is 5.91 Å². The highest BCUT2D eigenvalue weighted by molar-refractivity contribution is 7.85. The Morgan fingerprint density at radius 2 is 2.09 bits per heavy atom. The number of carbonyl (C=O) groups excluding carboxylic acids is 1. The van der Waals surface area contributed by atoms with Crippen LogP contribution in [-0.2, 0) is 27.8 Å². The third-order valence-corrected chi connectivity index (χ3v) is 6.35. The van der Waals surface area contributed by atoms with Crippen LogP contribution in [0, 0.1) is 13.8 Å². The van der Waals surface area contributed by atoms with E-state index in [0.29, 0.717) is 12.3 Å². The van der Waals surface area contributed by atoms with Gasteiger partial charge in [0.2, 0.25) is 5.91 Å². The van der Waals surface area contributed by atoms with E-state index in [1.807, 2.05) is 37.4 Å². The van der Waals surface area contributed by atoms with Crippen molar-refractivity contribution in [3.05, 3.63) is 57.3 Å². The second kappa shape index (κ2) is 8.41. The Labute approximate surface area is 144 Å². The van der Waals surface area contributed by atoms with Crippen molar-refractivity contribution in [2.24, 2.45) is 0 Å². The molecule has 0 spiro atoms. The first-order chi connectivity index (χ1) is 11.0. The molecule has 0 saturated carbocycles. The second-order valence-corrected chi connectivity index (χ2v) is 8.51. The van der Waals surface area contributed by atoms with Crippen LogP contribution < -0.4 is 5.32 Å². The summed E-state index contributed by atoms with van der Waals surface area (Å²) in [5.74, 6) is 0.290. The lowest BCUT2D eigenvalue weighted by Gasteiger charge is -2.13. The van der Waals surface area contributed by atoms with Crippen LogP contribution in [0.15, 0.2) is 35.7 Å². The van der Waals surface area contributed by atoms with Gasteiger partial charge in [0.05, 0.1) is 0 Å². The van der Waals surface area contributed by atoms with Gasteiger partial charge in [0.1, 0.15) is 5.25 Å². The van der Waals surface area contributed by atoms with E-state index in [9.17, 15) is 9.00 Å². The molecule has 1 N–H and O–H groups in total. The Kier molecular flexibility index (Phi) is 6.54. The maximum atomic E-state index is 12.5. The zero-order chi connectivity index (χ0) is 16.8. The molecule has 23 heavy (non-hydrogen) atoms. The van der Waals surface area contributed by atoms with Gasteiger partial charge >= 0.3 is 0 Å². The van der Waals surface area contributed by atoms with E-state index in [4.69, 9.17) is 0 Å². The van der Waals surface area contributed by atoms with Gasteiger partial charge in [-0.05, 0) is 49.8 Å². The summed E-state index contributed by atoms with van der Waals surface area (Å²) in [6.45, 7) is 6.36. The molecule has 1 aromatic heterocycles. The van der Waals surface area contributed by atoms with Crippen molar-refractivity contribution in [1.29, 1.82) is 0 Å². The molecule has 0 aliphatic carbocycles. The molecular formula is C18H23NO2S2. The zero-order valence-electron chi connectivity index (χ0n) is 13.8. The summed E-state index contributed by atoms with van der Waals surface area (Å²) in [6, 6.07) is 10.2. The van der Waals surface area contributed by atoms with Crippen LogP contribution in [0.1, 0.15) is 28.5 Å². The average Bonchev–Trinajstić information content (AvgIpc) is 3.03. The lowest BCUT2D eigenvalue weighted by molar-refractivity contribution is -0.120. The van der Waals surface area contributed by atoms with E-state index in [2.05, 4.69) is 17.4 Å². The lowest BCUT2D eigenvalue weighted by atomic mass is 10.1. The van der Waals surface area contributed by atoms with Crippen LogP contribution in [-0.4, -0.2) is 21.9 Å². The molecule has 0 bridgehead atoms. The molecule has 0 radical (unpaired) electrons. The molecule has 2 atom stereocenters. The van der Waals surface area contributed by atoms with Gasteiger partial charge in [0.15, 0.2) is 0 Å². The van der Waals surface area contributed by atoms with Crippen molar-refractivity contribution in [2.45, 2.75) is 38.2 Å². The normalized spacial score (nSPS) is 13.5. The van der Waals surface area contributed by atoms with E-state index in [0.717, 1.165) is 23.1 Å². The number of hydrogen-bond donors (Lipinski definition) is 1. The van der Waals surface area contributed by atoms with E-state index in [1.54, 1.807) is 18.3 Å². The van der Waals surface area contributed by atoms with Crippen LogP contribution >= 0.6 is 11.3 Å². The van der Waals surface area contributed by atoms with Crippen molar-refractivity contribution >= 4 is 28.0 Å². The molecule has 0 aliphatic rings. The number of aryl methyl sites for hydroxylation is 2. The standard InChI is InChI=1S/C18H23NO2S2/c1-13-6-7-14(2)16(11-13)12-23(21)15(3)18(20)19-9-8-17-5-4-10-22-17/h4-7,10-11,15H,8-9,12H2,1-3H3,(H,19,20)/t15-,23+/m0/s1. The summed E-state index contributed by atoms with van der Waals surface area (Å²) in [6.07, 6.45) is 0.819. The maximum Gasteiger partial charge on any atom is 0.235 e. The Balaban J connectivity index is 1.85. The van der Waals surface area contributed by atoms with Crippen molar-refractivity contribution in [1.82, 2.24) is 5.32 Å². The van der Waals surface area contributed by atoms with Crippen molar-refractivity contribution in [3.8, 4) is 0 Å². The SMILES string of the molecule is Cc1ccc(C)c(C[S@@](=O)[C@@H](C)C(=O)NCCc2cccs2)c1. The minimum atomic E-state index is -1.21. The predicted molar refractivity (Wildman–Crippen MR) is 98.3 cm³/mol. The molecule has 0 unspecified atom stereocenters. The summed E-state index contributed by atoms with van der Waals surface area (Å²) in [5, 5.41) is 4.41. The maximum absolute atomic E-state index is 12.5. The third-order valence-electron chi connectivity index (χ3n) is 3.82. The van der Waals surface area contributed by atoms with Gasteiger partial charge in [0.25, 0.3) is 0 Å². The number of amides is 1. The first-order valence-corrected chi connectivity index (χ1v) is 9.97. The molecule has 3 nitrogen and oxygen atoms in total. The predicted octanol–water partition coefficient (Wildman–Crippen LogP) is 3.36. The fourth-order valence-corrected chi connectivity index (χ4v) is 4.16. The second-order valence-electron chi connectivity index (χ2n) is 5.72. The molecular weight excluding hydrogens is 326 g/mol. The number of carbonyl (C=O) groups is 1. The Hall–Kier alpha value is -1.46. The van der Waals surface area contributed by atoms with Gasteiger partial charge < -0.3 is 5.32 Å². The van der Waals surface area contributed by atoms with Crippen LogP contribution in [0.2, 0.25) is 0 Å². The Morgan fingerprint density at radius 1 is 1.30 bits per heavy atom. The van der Waals surface area contributed by atoms with Crippen LogP contribution in [0.5, 0.6) is 0 Å². The van der Waals surface area contributed by atoms with Gasteiger partial charge in [0, 0.05) is 28.0 Å². The summed E-state index contributed by atoms with van der Waals surface area (Å²) in [4.78, 5) is 13.4. The number of rotatable bonds is 7. The van der Waals surface area contributed by atoms with Gasteiger partial charge in [-0.2, -0.15) is 0 Å². The minimum absolute atomic E-state index is 0.134. The molecule has 1 amide bonds. The largest absolute Gasteiger partial charge is 0.355 e. The van der Waals surface area contributed by atoms with Gasteiger partial charge in [-0.1, -0.05) is 29.8 Å². The summed E-state index contributed by atoms with van der Waals surface area (Å²) in [7, 11) is -1.21. The van der Waals surface area contributed by atoms with Crippen LogP contribution in [0.25, 0.3) is 0 Å². The minimum Gasteiger partial charge on any atom is -0.355 e. The number of hydrogen-bond acceptors (Lipinski definition) is 3. The fraction of sp³-hybridized carbons (Fsp3) is 0.389. The molecule has 2 aromatic rings. The fourth-order valence-electron chi connectivity index (χ4n) is 2.26. The van der Waals surface area contributed by atoms with E-state index >= 15 is 0 Å². The van der Waals surface area contributed by atoms with E-state index < -0.39 is 16.0 Å². The van der Waals surface area contributed by atoms with Crippen LogP contribution in [0.4, 0.5) is 0 Å². The lowest BCUT2D eigenvalue weighted by Crippen LogP contribution is -2.36. The molecule has 0 aliphatic heterocycles. The average molecular weight is 350 g/mol. The van der Waals surface area contributed by atoms with Crippen molar-refractivity contribution < 1.29 is 9.00 Å². The Morgan fingerprint density at radius 3 is 2.78 bits per heavy atom. The van der Waals surface area contributed by atoms with Crippen molar-refractivity contribution in [2.75, 3.05) is 6.54 Å².